The van der Waals surface area contributed by atoms with E-state index in [1.165, 1.54) is 6.07 Å². The molecule has 0 bridgehead atoms. The molecular formula is C13H15ClF3NO2. The first-order chi connectivity index (χ1) is 9.35. The summed E-state index contributed by atoms with van der Waals surface area (Å²) in [5, 5.41) is 12.5. The zero-order valence-corrected chi connectivity index (χ0v) is 11.4. The number of aliphatic hydroxyl groups excluding tert-OH is 1. The normalized spacial score (nSPS) is 23.2. The van der Waals surface area contributed by atoms with E-state index in [1.54, 1.807) is 0 Å². The Bertz CT molecular complexity index is 473. The maximum Gasteiger partial charge on any atom is 0.416 e. The highest BCUT2D eigenvalue weighted by atomic mass is 35.5. The fraction of sp³-hybridized carbons (Fsp3) is 0.538. The molecule has 1 aliphatic rings. The van der Waals surface area contributed by atoms with Gasteiger partial charge in [0.05, 0.1) is 24.3 Å². The van der Waals surface area contributed by atoms with Crippen molar-refractivity contribution < 1.29 is 23.0 Å². The predicted octanol–water partition coefficient (Wildman–Crippen LogP) is 2.60. The number of rotatable bonds is 4. The molecule has 3 nitrogen and oxygen atoms in total. The third-order valence-electron chi connectivity index (χ3n) is 3.36. The van der Waals surface area contributed by atoms with Crippen molar-refractivity contribution in [1.29, 1.82) is 0 Å². The first-order valence-corrected chi connectivity index (χ1v) is 6.53. The molecule has 20 heavy (non-hydrogen) atoms. The molecule has 0 unspecified atom stereocenters. The van der Waals surface area contributed by atoms with Crippen LogP contribution in [-0.2, 0) is 17.5 Å². The van der Waals surface area contributed by atoms with Crippen molar-refractivity contribution in [2.24, 2.45) is 0 Å². The molecule has 1 aromatic rings. The van der Waals surface area contributed by atoms with E-state index in [-0.39, 0.29) is 18.2 Å². The Morgan fingerprint density at radius 1 is 1.35 bits per heavy atom. The van der Waals surface area contributed by atoms with E-state index in [0.29, 0.717) is 25.2 Å². The largest absolute Gasteiger partial charge is 0.416 e. The molecular weight excluding hydrogens is 295 g/mol. The summed E-state index contributed by atoms with van der Waals surface area (Å²) < 4.78 is 43.3. The highest BCUT2D eigenvalue weighted by Crippen LogP contribution is 2.32. The van der Waals surface area contributed by atoms with Gasteiger partial charge in [-0.05, 0) is 30.2 Å². The van der Waals surface area contributed by atoms with Crippen LogP contribution >= 0.6 is 11.6 Å². The van der Waals surface area contributed by atoms with E-state index in [4.69, 9.17) is 16.3 Å². The number of ether oxygens (including phenoxy) is 1. The Hall–Kier alpha value is -0.820. The van der Waals surface area contributed by atoms with Crippen molar-refractivity contribution in [2.75, 3.05) is 19.8 Å². The second-order valence-electron chi connectivity index (χ2n) is 4.94. The molecule has 0 spiro atoms. The van der Waals surface area contributed by atoms with Crippen LogP contribution in [0.2, 0.25) is 5.02 Å². The Balaban J connectivity index is 2.11. The first-order valence-electron chi connectivity index (χ1n) is 6.15. The summed E-state index contributed by atoms with van der Waals surface area (Å²) in [6.45, 7) is 0.931. The van der Waals surface area contributed by atoms with Crippen LogP contribution in [0.3, 0.4) is 0 Å². The molecule has 1 fully saturated rings. The maximum atomic E-state index is 12.7. The summed E-state index contributed by atoms with van der Waals surface area (Å²) in [5.74, 6) is 0. The third kappa shape index (κ3) is 3.63. The number of halogens is 4. The monoisotopic (exact) mass is 309 g/mol. The van der Waals surface area contributed by atoms with Crippen LogP contribution in [0, 0.1) is 0 Å². The van der Waals surface area contributed by atoms with Gasteiger partial charge in [0.2, 0.25) is 0 Å². The first kappa shape index (κ1) is 15.6. The summed E-state index contributed by atoms with van der Waals surface area (Å²) in [7, 11) is 0. The average molecular weight is 310 g/mol. The van der Waals surface area contributed by atoms with Gasteiger partial charge in [0.1, 0.15) is 0 Å². The minimum Gasteiger partial charge on any atom is -0.394 e. The fourth-order valence-corrected chi connectivity index (χ4v) is 2.39. The highest BCUT2D eigenvalue weighted by Gasteiger charge is 2.34. The van der Waals surface area contributed by atoms with Gasteiger partial charge < -0.3 is 15.2 Å². The molecule has 0 radical (unpaired) electrons. The number of hydrogen-bond donors (Lipinski definition) is 2. The summed E-state index contributed by atoms with van der Waals surface area (Å²) in [6.07, 6.45) is -3.80. The van der Waals surface area contributed by atoms with E-state index in [0.717, 1.165) is 12.1 Å². The molecule has 7 heteroatoms. The van der Waals surface area contributed by atoms with Gasteiger partial charge in [-0.15, -0.1) is 0 Å². The van der Waals surface area contributed by atoms with Crippen molar-refractivity contribution in [2.45, 2.75) is 24.7 Å². The molecule has 1 saturated heterocycles. The van der Waals surface area contributed by atoms with E-state index >= 15 is 0 Å². The number of benzene rings is 1. The van der Waals surface area contributed by atoms with E-state index in [1.807, 2.05) is 0 Å². The van der Waals surface area contributed by atoms with E-state index < -0.39 is 17.3 Å². The van der Waals surface area contributed by atoms with Gasteiger partial charge in [0.25, 0.3) is 0 Å². The second kappa shape index (κ2) is 5.89. The van der Waals surface area contributed by atoms with Crippen molar-refractivity contribution in [1.82, 2.24) is 5.32 Å². The topological polar surface area (TPSA) is 41.5 Å². The zero-order chi connectivity index (χ0) is 14.8. The molecule has 0 aliphatic carbocycles. The highest BCUT2D eigenvalue weighted by molar-refractivity contribution is 6.30. The van der Waals surface area contributed by atoms with Crippen molar-refractivity contribution in [3.63, 3.8) is 0 Å². The molecule has 112 valence electrons. The van der Waals surface area contributed by atoms with Crippen molar-refractivity contribution >= 4 is 11.6 Å². The maximum absolute atomic E-state index is 12.7. The van der Waals surface area contributed by atoms with Crippen molar-refractivity contribution in [3.8, 4) is 0 Å². The molecule has 0 amide bonds. The number of alkyl halides is 3. The minimum atomic E-state index is -4.43. The lowest BCUT2D eigenvalue weighted by Crippen LogP contribution is -2.48. The van der Waals surface area contributed by atoms with Crippen LogP contribution in [-0.4, -0.2) is 30.5 Å². The average Bonchev–Trinajstić information content (AvgIpc) is 2.84. The molecule has 1 heterocycles. The van der Waals surface area contributed by atoms with Gasteiger partial charge in [-0.2, -0.15) is 13.2 Å². The summed E-state index contributed by atoms with van der Waals surface area (Å²) in [6, 6.07) is 3.43. The molecule has 2 N–H and O–H groups in total. The lowest BCUT2D eigenvalue weighted by atomic mass is 9.99. The lowest BCUT2D eigenvalue weighted by Gasteiger charge is -2.26. The van der Waals surface area contributed by atoms with Gasteiger partial charge in [-0.1, -0.05) is 11.6 Å². The molecule has 2 rings (SSSR count). The van der Waals surface area contributed by atoms with Crippen LogP contribution in [0.1, 0.15) is 17.5 Å². The number of aliphatic hydroxyl groups is 1. The Morgan fingerprint density at radius 2 is 2.10 bits per heavy atom. The van der Waals surface area contributed by atoms with Gasteiger partial charge in [-0.25, -0.2) is 0 Å². The van der Waals surface area contributed by atoms with Crippen LogP contribution < -0.4 is 5.32 Å². The summed E-state index contributed by atoms with van der Waals surface area (Å²) >= 11 is 5.72. The van der Waals surface area contributed by atoms with Crippen LogP contribution in [0.4, 0.5) is 13.2 Å². The van der Waals surface area contributed by atoms with Crippen LogP contribution in [0.15, 0.2) is 18.2 Å². The Kier molecular flexibility index (Phi) is 4.59. The second-order valence-corrected chi connectivity index (χ2v) is 5.38. The molecule has 1 aliphatic heterocycles. The van der Waals surface area contributed by atoms with Crippen LogP contribution in [0.5, 0.6) is 0 Å². The zero-order valence-electron chi connectivity index (χ0n) is 10.6. The van der Waals surface area contributed by atoms with Crippen LogP contribution in [0.25, 0.3) is 0 Å². The smallest absolute Gasteiger partial charge is 0.394 e. The Morgan fingerprint density at radius 3 is 2.65 bits per heavy atom. The van der Waals surface area contributed by atoms with E-state index in [9.17, 15) is 18.3 Å². The molecule has 1 aromatic carbocycles. The lowest BCUT2D eigenvalue weighted by molar-refractivity contribution is -0.137. The SMILES string of the molecule is OC[C@@]1(NCc2cc(Cl)cc(C(F)(F)F)c2)CCOC1. The van der Waals surface area contributed by atoms with E-state index in [2.05, 4.69) is 5.32 Å². The minimum absolute atomic E-state index is 0.0392. The third-order valence-corrected chi connectivity index (χ3v) is 3.58. The predicted molar refractivity (Wildman–Crippen MR) is 68.5 cm³/mol. The molecule has 1 atom stereocenters. The molecule has 0 saturated carbocycles. The van der Waals surface area contributed by atoms with Gasteiger partial charge in [0, 0.05) is 18.2 Å². The standard InChI is InChI=1S/C13H15ClF3NO2/c14-11-4-9(3-10(5-11)13(15,16)17)6-18-12(7-19)1-2-20-8-12/h3-5,18-19H,1-2,6-8H2/t12-/m0/s1. The van der Waals surface area contributed by atoms with Gasteiger partial charge in [-0.3, -0.25) is 0 Å². The van der Waals surface area contributed by atoms with Gasteiger partial charge in [0.15, 0.2) is 0 Å². The summed E-state index contributed by atoms with van der Waals surface area (Å²) in [5.41, 5.74) is -0.937. The number of nitrogens with one attached hydrogen (secondary N) is 1. The quantitative estimate of drug-likeness (QED) is 0.898. The van der Waals surface area contributed by atoms with Crippen molar-refractivity contribution in [3.05, 3.63) is 34.3 Å². The molecule has 0 aromatic heterocycles. The summed E-state index contributed by atoms with van der Waals surface area (Å²) in [4.78, 5) is 0. The Labute approximate surface area is 119 Å². The number of hydrogen-bond acceptors (Lipinski definition) is 3. The fourth-order valence-electron chi connectivity index (χ4n) is 2.13. The van der Waals surface area contributed by atoms with Gasteiger partial charge >= 0.3 is 6.18 Å².